The van der Waals surface area contributed by atoms with Crippen LogP contribution in [0, 0.1) is 0 Å². The molecule has 0 saturated carbocycles. The highest BCUT2D eigenvalue weighted by Crippen LogP contribution is 2.33. The Kier molecular flexibility index (Phi) is 4.42. The van der Waals surface area contributed by atoms with E-state index in [2.05, 4.69) is 0 Å². The Morgan fingerprint density at radius 2 is 1.75 bits per heavy atom. The minimum absolute atomic E-state index is 0.0813. The lowest BCUT2D eigenvalue weighted by Crippen LogP contribution is -1.92. The van der Waals surface area contributed by atoms with Crippen molar-refractivity contribution in [2.75, 3.05) is 7.11 Å². The fraction of sp³-hybridized carbons (Fsp3) is 0.0769. The van der Waals surface area contributed by atoms with Crippen LogP contribution in [0.1, 0.15) is 0 Å². The van der Waals surface area contributed by atoms with E-state index >= 15 is 0 Å². The van der Waals surface area contributed by atoms with Gasteiger partial charge in [0.1, 0.15) is 17.2 Å². The summed E-state index contributed by atoms with van der Waals surface area (Å²) in [6.07, 6.45) is 0. The van der Waals surface area contributed by atoms with E-state index in [1.165, 1.54) is 18.2 Å². The van der Waals surface area contributed by atoms with Crippen LogP contribution in [0.15, 0.2) is 47.4 Å². The van der Waals surface area contributed by atoms with Crippen LogP contribution >= 0.6 is 22.3 Å². The average Bonchev–Trinajstić information content (AvgIpc) is 2.40. The number of rotatable bonds is 4. The molecule has 0 bridgehead atoms. The standard InChI is InChI=1S/C13H10Cl2O4S/c1-18-9-3-2-4-10(7-9)19-13-6-5-11(8-12(13)14)20(15,16)17/h2-8H,1H3. The van der Waals surface area contributed by atoms with E-state index in [1.807, 2.05) is 0 Å². The van der Waals surface area contributed by atoms with Crippen molar-refractivity contribution in [3.63, 3.8) is 0 Å². The van der Waals surface area contributed by atoms with Gasteiger partial charge in [-0.25, -0.2) is 8.42 Å². The van der Waals surface area contributed by atoms with Crippen LogP contribution in [0.3, 0.4) is 0 Å². The third-order valence-corrected chi connectivity index (χ3v) is 4.10. The molecule has 20 heavy (non-hydrogen) atoms. The van der Waals surface area contributed by atoms with Gasteiger partial charge in [0.2, 0.25) is 0 Å². The third-order valence-electron chi connectivity index (χ3n) is 2.45. The lowest BCUT2D eigenvalue weighted by Gasteiger charge is -2.09. The number of benzene rings is 2. The molecule has 0 atom stereocenters. The first kappa shape index (κ1) is 15.0. The number of ether oxygens (including phenoxy) is 2. The van der Waals surface area contributed by atoms with E-state index in [-0.39, 0.29) is 9.92 Å². The summed E-state index contributed by atoms with van der Waals surface area (Å²) in [5, 5.41) is 0.148. The molecule has 0 aliphatic heterocycles. The summed E-state index contributed by atoms with van der Waals surface area (Å²) in [6.45, 7) is 0. The SMILES string of the molecule is COc1cccc(Oc2ccc(S(=O)(=O)Cl)cc2Cl)c1. The highest BCUT2D eigenvalue weighted by Gasteiger charge is 2.13. The van der Waals surface area contributed by atoms with Gasteiger partial charge in [-0.3, -0.25) is 0 Å². The molecule has 0 aliphatic carbocycles. The van der Waals surface area contributed by atoms with Gasteiger partial charge in [0.05, 0.1) is 17.0 Å². The van der Waals surface area contributed by atoms with E-state index in [9.17, 15) is 8.42 Å². The van der Waals surface area contributed by atoms with Crippen LogP contribution in [0.25, 0.3) is 0 Å². The van der Waals surface area contributed by atoms with Crippen molar-refractivity contribution in [3.8, 4) is 17.2 Å². The highest BCUT2D eigenvalue weighted by atomic mass is 35.7. The maximum absolute atomic E-state index is 11.2. The molecule has 0 aliphatic rings. The van der Waals surface area contributed by atoms with E-state index in [4.69, 9.17) is 31.8 Å². The van der Waals surface area contributed by atoms with Crippen molar-refractivity contribution in [2.45, 2.75) is 4.90 Å². The van der Waals surface area contributed by atoms with Gasteiger partial charge in [-0.15, -0.1) is 0 Å². The monoisotopic (exact) mass is 332 g/mol. The number of hydrogen-bond acceptors (Lipinski definition) is 4. The molecule has 0 unspecified atom stereocenters. The Morgan fingerprint density at radius 3 is 2.35 bits per heavy atom. The minimum atomic E-state index is -3.81. The molecule has 0 aromatic heterocycles. The molecule has 0 heterocycles. The molecule has 0 radical (unpaired) electrons. The zero-order valence-electron chi connectivity index (χ0n) is 10.3. The maximum Gasteiger partial charge on any atom is 0.261 e. The van der Waals surface area contributed by atoms with Gasteiger partial charge in [-0.1, -0.05) is 17.7 Å². The number of methoxy groups -OCH3 is 1. The second-order valence-corrected chi connectivity index (χ2v) is 6.78. The number of hydrogen-bond donors (Lipinski definition) is 0. The lowest BCUT2D eigenvalue weighted by atomic mass is 10.3. The molecule has 4 nitrogen and oxygen atoms in total. The molecule has 106 valence electrons. The zero-order valence-corrected chi connectivity index (χ0v) is 12.7. The van der Waals surface area contributed by atoms with Crippen LogP contribution in [0.2, 0.25) is 5.02 Å². The first-order chi connectivity index (χ1) is 9.40. The van der Waals surface area contributed by atoms with Gasteiger partial charge in [0.15, 0.2) is 0 Å². The zero-order chi connectivity index (χ0) is 14.8. The first-order valence-electron chi connectivity index (χ1n) is 5.46. The summed E-state index contributed by atoms with van der Waals surface area (Å²) in [7, 11) is 2.97. The molecule has 0 spiro atoms. The van der Waals surface area contributed by atoms with E-state index in [0.717, 1.165) is 0 Å². The molecule has 2 aromatic carbocycles. The van der Waals surface area contributed by atoms with Crippen molar-refractivity contribution in [1.82, 2.24) is 0 Å². The Labute approximate surface area is 126 Å². The fourth-order valence-corrected chi connectivity index (χ4v) is 2.57. The molecular weight excluding hydrogens is 323 g/mol. The topological polar surface area (TPSA) is 52.6 Å². The summed E-state index contributed by atoms with van der Waals surface area (Å²) >= 11 is 5.98. The van der Waals surface area contributed by atoms with E-state index < -0.39 is 9.05 Å². The van der Waals surface area contributed by atoms with E-state index in [1.54, 1.807) is 31.4 Å². The molecule has 7 heteroatoms. The average molecular weight is 333 g/mol. The summed E-state index contributed by atoms with van der Waals surface area (Å²) in [5.74, 6) is 1.48. The summed E-state index contributed by atoms with van der Waals surface area (Å²) < 4.78 is 33.0. The maximum atomic E-state index is 11.2. The fourth-order valence-electron chi connectivity index (χ4n) is 1.51. The third kappa shape index (κ3) is 3.56. The number of halogens is 2. The van der Waals surface area contributed by atoms with Gasteiger partial charge < -0.3 is 9.47 Å². The van der Waals surface area contributed by atoms with Crippen LogP contribution in [0.5, 0.6) is 17.2 Å². The Balaban J connectivity index is 2.30. The Bertz CT molecular complexity index is 729. The van der Waals surface area contributed by atoms with Crippen LogP contribution < -0.4 is 9.47 Å². The van der Waals surface area contributed by atoms with Crippen molar-refractivity contribution in [2.24, 2.45) is 0 Å². The van der Waals surface area contributed by atoms with Gasteiger partial charge in [0.25, 0.3) is 9.05 Å². The molecule has 0 fully saturated rings. The van der Waals surface area contributed by atoms with Gasteiger partial charge >= 0.3 is 0 Å². The van der Waals surface area contributed by atoms with Crippen LogP contribution in [0.4, 0.5) is 0 Å². The largest absolute Gasteiger partial charge is 0.497 e. The molecule has 0 saturated heterocycles. The molecule has 0 amide bonds. The summed E-state index contributed by atoms with van der Waals surface area (Å²) in [5.41, 5.74) is 0. The molecule has 2 rings (SSSR count). The van der Waals surface area contributed by atoms with Gasteiger partial charge in [0, 0.05) is 16.7 Å². The Hall–Kier alpha value is -1.43. The molecule has 0 N–H and O–H groups in total. The van der Waals surface area contributed by atoms with Crippen molar-refractivity contribution in [1.29, 1.82) is 0 Å². The quantitative estimate of drug-likeness (QED) is 0.792. The highest BCUT2D eigenvalue weighted by molar-refractivity contribution is 8.13. The molecular formula is C13H10Cl2O4S. The summed E-state index contributed by atoms with van der Waals surface area (Å²) in [6, 6.07) is 10.9. The first-order valence-corrected chi connectivity index (χ1v) is 8.15. The normalized spacial score (nSPS) is 11.2. The van der Waals surface area contributed by atoms with Gasteiger partial charge in [-0.05, 0) is 30.3 Å². The summed E-state index contributed by atoms with van der Waals surface area (Å²) in [4.78, 5) is -0.0813. The second kappa shape index (κ2) is 5.91. The Morgan fingerprint density at radius 1 is 1.05 bits per heavy atom. The lowest BCUT2D eigenvalue weighted by molar-refractivity contribution is 0.409. The van der Waals surface area contributed by atoms with Crippen molar-refractivity contribution >= 4 is 31.3 Å². The smallest absolute Gasteiger partial charge is 0.261 e. The predicted octanol–water partition coefficient (Wildman–Crippen LogP) is 4.07. The van der Waals surface area contributed by atoms with Crippen molar-refractivity contribution in [3.05, 3.63) is 47.5 Å². The van der Waals surface area contributed by atoms with Crippen LogP contribution in [-0.4, -0.2) is 15.5 Å². The van der Waals surface area contributed by atoms with E-state index in [0.29, 0.717) is 17.2 Å². The minimum Gasteiger partial charge on any atom is -0.497 e. The predicted molar refractivity (Wildman–Crippen MR) is 77.6 cm³/mol. The van der Waals surface area contributed by atoms with Crippen LogP contribution in [-0.2, 0) is 9.05 Å². The van der Waals surface area contributed by atoms with Crippen molar-refractivity contribution < 1.29 is 17.9 Å². The molecule has 2 aromatic rings. The van der Waals surface area contributed by atoms with Gasteiger partial charge in [-0.2, -0.15) is 0 Å². The second-order valence-electron chi connectivity index (χ2n) is 3.81.